The lowest BCUT2D eigenvalue weighted by molar-refractivity contribution is -0.147. The molecule has 0 radical (unpaired) electrons. The highest BCUT2D eigenvalue weighted by Crippen LogP contribution is 2.37. The van der Waals surface area contributed by atoms with Crippen molar-refractivity contribution in [2.45, 2.75) is 72.1 Å². The largest absolute Gasteiger partial charge is 0.481 e. The molecule has 1 fully saturated rings. The Morgan fingerprint density at radius 1 is 1.22 bits per heavy atom. The lowest BCUT2D eigenvalue weighted by atomic mass is 9.79. The maximum atomic E-state index is 12.1. The van der Waals surface area contributed by atoms with Gasteiger partial charge in [0.2, 0.25) is 0 Å². The molecule has 1 aliphatic heterocycles. The van der Waals surface area contributed by atoms with Gasteiger partial charge in [-0.25, -0.2) is 4.79 Å². The fourth-order valence-corrected chi connectivity index (χ4v) is 2.85. The van der Waals surface area contributed by atoms with Gasteiger partial charge < -0.3 is 14.7 Å². The molecule has 0 saturated carbocycles. The van der Waals surface area contributed by atoms with Crippen LogP contribution in [0.15, 0.2) is 0 Å². The van der Waals surface area contributed by atoms with Crippen molar-refractivity contribution in [3.05, 3.63) is 0 Å². The Labute approximate surface area is 139 Å². The number of nitrogens with zero attached hydrogens (tertiary/aromatic N) is 2. The Morgan fingerprint density at radius 3 is 2.04 bits per heavy atom. The van der Waals surface area contributed by atoms with Gasteiger partial charge in [-0.2, -0.15) is 0 Å². The van der Waals surface area contributed by atoms with Gasteiger partial charge in [0, 0.05) is 19.1 Å². The predicted octanol–water partition coefficient (Wildman–Crippen LogP) is 2.82. The SMILES string of the molecule is CC(N(C)C1(CC(=O)O)CN(C(=O)OC(C)(C)C)C1)C(C)(C)C. The molecule has 0 aromatic rings. The van der Waals surface area contributed by atoms with Crippen LogP contribution in [0.3, 0.4) is 0 Å². The highest BCUT2D eigenvalue weighted by Gasteiger charge is 2.52. The molecule has 1 unspecified atom stereocenters. The van der Waals surface area contributed by atoms with Gasteiger partial charge in [0.25, 0.3) is 0 Å². The third-order valence-electron chi connectivity index (χ3n) is 4.68. The number of carboxylic acids is 1. The Kier molecular flexibility index (Phi) is 5.41. The minimum atomic E-state index is -0.846. The highest BCUT2D eigenvalue weighted by molar-refractivity contribution is 5.73. The van der Waals surface area contributed by atoms with E-state index in [0.29, 0.717) is 13.1 Å². The molecule has 0 aromatic carbocycles. The second-order valence-corrected chi connectivity index (χ2v) is 8.78. The smallest absolute Gasteiger partial charge is 0.410 e. The van der Waals surface area contributed by atoms with Crippen LogP contribution in [0.4, 0.5) is 4.79 Å². The molecule has 1 N–H and O–H groups in total. The van der Waals surface area contributed by atoms with Gasteiger partial charge in [-0.05, 0) is 40.2 Å². The molecule has 0 aromatic heterocycles. The van der Waals surface area contributed by atoms with E-state index in [9.17, 15) is 14.7 Å². The van der Waals surface area contributed by atoms with Crippen molar-refractivity contribution in [2.24, 2.45) is 5.41 Å². The number of carboxylic acid groups (broad SMARTS) is 1. The third kappa shape index (κ3) is 4.83. The molecule has 23 heavy (non-hydrogen) atoms. The second kappa shape index (κ2) is 6.30. The number of carbonyl (C=O) groups is 2. The molecule has 1 heterocycles. The summed E-state index contributed by atoms with van der Waals surface area (Å²) in [5.74, 6) is -0.846. The zero-order valence-corrected chi connectivity index (χ0v) is 15.8. The van der Waals surface area contributed by atoms with Crippen molar-refractivity contribution in [2.75, 3.05) is 20.1 Å². The van der Waals surface area contributed by atoms with Crippen LogP contribution in [0, 0.1) is 5.41 Å². The number of carbonyl (C=O) groups excluding carboxylic acids is 1. The summed E-state index contributed by atoms with van der Waals surface area (Å²) in [5.41, 5.74) is -1.06. The van der Waals surface area contributed by atoms with E-state index in [1.165, 1.54) is 0 Å². The summed E-state index contributed by atoms with van der Waals surface area (Å²) in [4.78, 5) is 27.2. The molecule has 134 valence electrons. The van der Waals surface area contributed by atoms with E-state index >= 15 is 0 Å². The number of amides is 1. The van der Waals surface area contributed by atoms with Gasteiger partial charge in [-0.15, -0.1) is 0 Å². The van der Waals surface area contributed by atoms with Gasteiger partial charge in [0.15, 0.2) is 0 Å². The number of rotatable bonds is 4. The Balaban J connectivity index is 2.86. The number of hydrogen-bond acceptors (Lipinski definition) is 4. The Morgan fingerprint density at radius 2 is 1.70 bits per heavy atom. The summed E-state index contributed by atoms with van der Waals surface area (Å²) >= 11 is 0. The van der Waals surface area contributed by atoms with Crippen LogP contribution in [0.25, 0.3) is 0 Å². The summed E-state index contributed by atoms with van der Waals surface area (Å²) in [6, 6.07) is 0.183. The number of likely N-dealkylation sites (tertiary alicyclic amines) is 1. The molecule has 0 aliphatic carbocycles. The molecule has 1 saturated heterocycles. The van der Waals surface area contributed by atoms with Crippen LogP contribution < -0.4 is 0 Å². The number of aliphatic carboxylic acids is 1. The summed E-state index contributed by atoms with van der Waals surface area (Å²) < 4.78 is 5.37. The number of likely N-dealkylation sites (N-methyl/N-ethyl adjacent to an activating group) is 1. The third-order valence-corrected chi connectivity index (χ3v) is 4.68. The highest BCUT2D eigenvalue weighted by atomic mass is 16.6. The van der Waals surface area contributed by atoms with Crippen LogP contribution in [-0.2, 0) is 9.53 Å². The molecule has 0 bridgehead atoms. The van der Waals surface area contributed by atoms with E-state index in [-0.39, 0.29) is 24.0 Å². The molecule has 6 heteroatoms. The Hall–Kier alpha value is -1.30. The maximum absolute atomic E-state index is 12.1. The standard InChI is InChI=1S/C17H32N2O4/c1-12(15(2,3)4)18(8)17(9-13(20)21)10-19(11-17)14(22)23-16(5,6)7/h12H,9-11H2,1-8H3,(H,20,21). The molecule has 1 aliphatic rings. The van der Waals surface area contributed by atoms with Gasteiger partial charge in [0.1, 0.15) is 5.60 Å². The second-order valence-electron chi connectivity index (χ2n) is 8.78. The first-order valence-electron chi connectivity index (χ1n) is 8.11. The minimum absolute atomic E-state index is 0.0171. The van der Waals surface area contributed by atoms with E-state index in [2.05, 4.69) is 32.6 Å². The molecule has 6 nitrogen and oxygen atoms in total. The van der Waals surface area contributed by atoms with E-state index in [1.54, 1.807) is 4.90 Å². The van der Waals surface area contributed by atoms with Gasteiger partial charge in [-0.1, -0.05) is 20.8 Å². The van der Waals surface area contributed by atoms with Crippen molar-refractivity contribution in [1.29, 1.82) is 0 Å². The summed E-state index contributed by atoms with van der Waals surface area (Å²) in [7, 11) is 1.95. The number of hydrogen-bond donors (Lipinski definition) is 1. The fraction of sp³-hybridized carbons (Fsp3) is 0.882. The molecule has 0 spiro atoms. The van der Waals surface area contributed by atoms with Gasteiger partial charge in [0.05, 0.1) is 12.0 Å². The van der Waals surface area contributed by atoms with Crippen molar-refractivity contribution in [1.82, 2.24) is 9.80 Å². The zero-order valence-electron chi connectivity index (χ0n) is 15.8. The summed E-state index contributed by atoms with van der Waals surface area (Å²) in [6.07, 6.45) is -0.362. The first-order valence-corrected chi connectivity index (χ1v) is 8.11. The van der Waals surface area contributed by atoms with E-state index in [1.807, 2.05) is 27.8 Å². The average molecular weight is 328 g/mol. The molecular weight excluding hydrogens is 296 g/mol. The molecule has 1 amide bonds. The minimum Gasteiger partial charge on any atom is -0.481 e. The van der Waals surface area contributed by atoms with Crippen molar-refractivity contribution < 1.29 is 19.4 Å². The lowest BCUT2D eigenvalue weighted by Crippen LogP contribution is -2.73. The van der Waals surface area contributed by atoms with Crippen LogP contribution in [0.2, 0.25) is 0 Å². The normalized spacial score (nSPS) is 19.3. The predicted molar refractivity (Wildman–Crippen MR) is 89.5 cm³/mol. The fourth-order valence-electron chi connectivity index (χ4n) is 2.85. The van der Waals surface area contributed by atoms with Crippen LogP contribution in [0.1, 0.15) is 54.9 Å². The van der Waals surface area contributed by atoms with E-state index < -0.39 is 17.1 Å². The first-order chi connectivity index (χ1) is 10.2. The van der Waals surface area contributed by atoms with Crippen LogP contribution in [0.5, 0.6) is 0 Å². The zero-order chi connectivity index (χ0) is 18.2. The Bertz CT molecular complexity index is 456. The average Bonchev–Trinajstić information content (AvgIpc) is 2.27. The topological polar surface area (TPSA) is 70.1 Å². The van der Waals surface area contributed by atoms with Gasteiger partial charge in [-0.3, -0.25) is 9.69 Å². The monoisotopic (exact) mass is 328 g/mol. The van der Waals surface area contributed by atoms with Crippen molar-refractivity contribution >= 4 is 12.1 Å². The lowest BCUT2D eigenvalue weighted by Gasteiger charge is -2.57. The summed E-state index contributed by atoms with van der Waals surface area (Å²) in [5, 5.41) is 9.30. The molecule has 1 atom stereocenters. The first kappa shape index (κ1) is 19.7. The quantitative estimate of drug-likeness (QED) is 0.859. The maximum Gasteiger partial charge on any atom is 0.410 e. The van der Waals surface area contributed by atoms with Gasteiger partial charge >= 0.3 is 12.1 Å². The van der Waals surface area contributed by atoms with E-state index in [0.717, 1.165) is 0 Å². The number of ether oxygens (including phenoxy) is 1. The summed E-state index contributed by atoms with van der Waals surface area (Å²) in [6.45, 7) is 14.7. The molecule has 1 rings (SSSR count). The van der Waals surface area contributed by atoms with E-state index in [4.69, 9.17) is 4.74 Å². The van der Waals surface area contributed by atoms with Crippen molar-refractivity contribution in [3.8, 4) is 0 Å². The van der Waals surface area contributed by atoms with Crippen molar-refractivity contribution in [3.63, 3.8) is 0 Å². The van der Waals surface area contributed by atoms with Crippen LogP contribution >= 0.6 is 0 Å². The van der Waals surface area contributed by atoms with Crippen LogP contribution in [-0.4, -0.2) is 64.3 Å². The molecular formula is C17H32N2O4.